The average Bonchev–Trinajstić information content (AvgIpc) is 2.71. The van der Waals surface area contributed by atoms with Gasteiger partial charge in [0.15, 0.2) is 0 Å². The van der Waals surface area contributed by atoms with E-state index in [0.717, 1.165) is 13.0 Å². The first kappa shape index (κ1) is 16.3. The first-order chi connectivity index (χ1) is 11.2. The van der Waals surface area contributed by atoms with Gasteiger partial charge in [0.2, 0.25) is 0 Å². The molecule has 0 radical (unpaired) electrons. The van der Waals surface area contributed by atoms with E-state index in [1.165, 1.54) is 16.7 Å². The molecule has 0 aromatic heterocycles. The molecule has 122 valence electrons. The maximum absolute atomic E-state index is 10.0. The molecule has 2 atom stereocenters. The largest absolute Gasteiger partial charge is 0.495 e. The highest BCUT2D eigenvalue weighted by Crippen LogP contribution is 2.39. The summed E-state index contributed by atoms with van der Waals surface area (Å²) in [6, 6.07) is 14.4. The monoisotopic (exact) mass is 331 g/mol. The van der Waals surface area contributed by atoms with Crippen molar-refractivity contribution in [3.05, 3.63) is 64.2 Å². The summed E-state index contributed by atoms with van der Waals surface area (Å²) in [7, 11) is 3.71. The summed E-state index contributed by atoms with van der Waals surface area (Å²) in [5, 5.41) is 10.7. The van der Waals surface area contributed by atoms with E-state index >= 15 is 0 Å². The van der Waals surface area contributed by atoms with Crippen molar-refractivity contribution in [1.29, 1.82) is 0 Å². The van der Waals surface area contributed by atoms with Gasteiger partial charge < -0.3 is 9.84 Å². The van der Waals surface area contributed by atoms with Crippen LogP contribution in [0.25, 0.3) is 0 Å². The fourth-order valence-electron chi connectivity index (χ4n) is 3.50. The van der Waals surface area contributed by atoms with Gasteiger partial charge in [-0.2, -0.15) is 0 Å². The van der Waals surface area contributed by atoms with Gasteiger partial charge in [0.1, 0.15) is 5.75 Å². The maximum atomic E-state index is 10.0. The standard InChI is InChI=1S/C19H22ClNO2/c1-21-9-8-14-10-16(20)18(23-2)11-15(14)19(17(21)12-22)13-6-4-3-5-7-13/h3-7,10-11,17,19,22H,8-9,12H2,1-2H3/t17-,19+/m0/s1. The van der Waals surface area contributed by atoms with Gasteiger partial charge in [0.05, 0.1) is 18.7 Å². The fraction of sp³-hybridized carbons (Fsp3) is 0.368. The lowest BCUT2D eigenvalue weighted by molar-refractivity contribution is 0.140. The van der Waals surface area contributed by atoms with Crippen LogP contribution in [-0.2, 0) is 6.42 Å². The third kappa shape index (κ3) is 3.09. The van der Waals surface area contributed by atoms with Gasteiger partial charge in [-0.15, -0.1) is 0 Å². The molecule has 2 aromatic rings. The topological polar surface area (TPSA) is 32.7 Å². The highest BCUT2D eigenvalue weighted by atomic mass is 35.5. The SMILES string of the molecule is COc1cc2c(cc1Cl)CCN(C)[C@@H](CO)[C@@H]2c1ccccc1. The van der Waals surface area contributed by atoms with Crippen LogP contribution in [0.5, 0.6) is 5.75 Å². The van der Waals surface area contributed by atoms with Gasteiger partial charge in [-0.05, 0) is 42.3 Å². The van der Waals surface area contributed by atoms with Crippen molar-refractivity contribution in [2.45, 2.75) is 18.4 Å². The van der Waals surface area contributed by atoms with Crippen LogP contribution in [0.15, 0.2) is 42.5 Å². The van der Waals surface area contributed by atoms with Gasteiger partial charge in [0, 0.05) is 18.5 Å². The fourth-order valence-corrected chi connectivity index (χ4v) is 3.77. The van der Waals surface area contributed by atoms with E-state index in [2.05, 4.69) is 24.1 Å². The molecule has 3 nitrogen and oxygen atoms in total. The van der Waals surface area contributed by atoms with Gasteiger partial charge in [-0.25, -0.2) is 0 Å². The van der Waals surface area contributed by atoms with Crippen molar-refractivity contribution < 1.29 is 9.84 Å². The lowest BCUT2D eigenvalue weighted by Crippen LogP contribution is -2.39. The number of halogens is 1. The summed E-state index contributed by atoms with van der Waals surface area (Å²) in [6.45, 7) is 1.00. The minimum Gasteiger partial charge on any atom is -0.495 e. The first-order valence-corrected chi connectivity index (χ1v) is 8.26. The molecule has 1 heterocycles. The Bertz CT molecular complexity index is 675. The van der Waals surface area contributed by atoms with E-state index in [1.54, 1.807) is 7.11 Å². The highest BCUT2D eigenvalue weighted by molar-refractivity contribution is 6.32. The summed E-state index contributed by atoms with van der Waals surface area (Å²) in [5.74, 6) is 0.780. The van der Waals surface area contributed by atoms with E-state index in [0.29, 0.717) is 10.8 Å². The van der Waals surface area contributed by atoms with Crippen molar-refractivity contribution in [1.82, 2.24) is 4.90 Å². The van der Waals surface area contributed by atoms with E-state index in [1.807, 2.05) is 30.3 Å². The van der Waals surface area contributed by atoms with Crippen molar-refractivity contribution in [2.24, 2.45) is 0 Å². The predicted molar refractivity (Wildman–Crippen MR) is 93.5 cm³/mol. The predicted octanol–water partition coefficient (Wildman–Crippen LogP) is 3.33. The second-order valence-electron chi connectivity index (χ2n) is 6.05. The van der Waals surface area contributed by atoms with Crippen LogP contribution in [0.2, 0.25) is 5.02 Å². The number of likely N-dealkylation sites (N-methyl/N-ethyl adjacent to an activating group) is 1. The molecule has 1 N–H and O–H groups in total. The third-order valence-corrected chi connectivity index (χ3v) is 5.07. The number of aliphatic hydroxyl groups is 1. The minimum atomic E-state index is 0.0320. The van der Waals surface area contributed by atoms with Crippen molar-refractivity contribution in [2.75, 3.05) is 27.3 Å². The molecule has 0 aliphatic carbocycles. The molecule has 2 aromatic carbocycles. The van der Waals surface area contributed by atoms with Crippen molar-refractivity contribution >= 4 is 11.6 Å². The van der Waals surface area contributed by atoms with Crippen LogP contribution in [0, 0.1) is 0 Å². The maximum Gasteiger partial charge on any atom is 0.137 e. The second-order valence-corrected chi connectivity index (χ2v) is 6.46. The molecule has 0 amide bonds. The van der Waals surface area contributed by atoms with Crippen molar-refractivity contribution in [3.8, 4) is 5.75 Å². The van der Waals surface area contributed by atoms with Gasteiger partial charge in [0.25, 0.3) is 0 Å². The molecule has 0 unspecified atom stereocenters. The van der Waals surface area contributed by atoms with E-state index in [9.17, 15) is 5.11 Å². The van der Waals surface area contributed by atoms with E-state index < -0.39 is 0 Å². The number of benzene rings is 2. The average molecular weight is 332 g/mol. The van der Waals surface area contributed by atoms with Crippen LogP contribution in [-0.4, -0.2) is 43.4 Å². The van der Waals surface area contributed by atoms with Crippen LogP contribution < -0.4 is 4.74 Å². The first-order valence-electron chi connectivity index (χ1n) is 7.88. The van der Waals surface area contributed by atoms with Gasteiger partial charge in [-0.1, -0.05) is 41.9 Å². The Kier molecular flexibility index (Phi) is 4.90. The Labute approximate surface area is 142 Å². The second kappa shape index (κ2) is 6.91. The molecular formula is C19H22ClNO2. The quantitative estimate of drug-likeness (QED) is 0.936. The summed E-state index contributed by atoms with van der Waals surface area (Å²) in [6.07, 6.45) is 0.912. The summed E-state index contributed by atoms with van der Waals surface area (Å²) in [5.41, 5.74) is 3.62. The van der Waals surface area contributed by atoms with Crippen LogP contribution >= 0.6 is 11.6 Å². The van der Waals surface area contributed by atoms with Crippen LogP contribution in [0.4, 0.5) is 0 Å². The highest BCUT2D eigenvalue weighted by Gasteiger charge is 2.32. The molecule has 1 aliphatic rings. The lowest BCUT2D eigenvalue weighted by atomic mass is 9.83. The van der Waals surface area contributed by atoms with E-state index in [4.69, 9.17) is 16.3 Å². The molecular weight excluding hydrogens is 310 g/mol. The van der Waals surface area contributed by atoms with Crippen LogP contribution in [0.3, 0.4) is 0 Å². The van der Waals surface area contributed by atoms with Crippen LogP contribution in [0.1, 0.15) is 22.6 Å². The molecule has 0 saturated carbocycles. The smallest absolute Gasteiger partial charge is 0.137 e. The molecule has 1 aliphatic heterocycles. The number of ether oxygens (including phenoxy) is 1. The number of hydrogen-bond acceptors (Lipinski definition) is 3. The molecule has 0 saturated heterocycles. The summed E-state index contributed by atoms with van der Waals surface area (Å²) < 4.78 is 5.42. The Balaban J connectivity index is 2.19. The van der Waals surface area contributed by atoms with Crippen molar-refractivity contribution in [3.63, 3.8) is 0 Å². The number of fused-ring (bicyclic) bond motifs is 1. The minimum absolute atomic E-state index is 0.0320. The zero-order valence-electron chi connectivity index (χ0n) is 13.5. The lowest BCUT2D eigenvalue weighted by Gasteiger charge is -2.32. The Morgan fingerprint density at radius 3 is 2.65 bits per heavy atom. The Morgan fingerprint density at radius 1 is 1.26 bits per heavy atom. The Hall–Kier alpha value is -1.55. The number of hydrogen-bond donors (Lipinski definition) is 1. The molecule has 0 fully saturated rings. The van der Waals surface area contributed by atoms with Gasteiger partial charge >= 0.3 is 0 Å². The summed E-state index contributed by atoms with van der Waals surface area (Å²) >= 11 is 6.33. The van der Waals surface area contributed by atoms with E-state index in [-0.39, 0.29) is 18.6 Å². The third-order valence-electron chi connectivity index (χ3n) is 4.78. The number of methoxy groups -OCH3 is 1. The normalized spacial score (nSPS) is 21.6. The molecule has 0 spiro atoms. The number of aliphatic hydroxyl groups excluding tert-OH is 1. The molecule has 0 bridgehead atoms. The number of nitrogens with zero attached hydrogens (tertiary/aromatic N) is 1. The zero-order chi connectivity index (χ0) is 16.4. The number of rotatable bonds is 3. The molecule has 4 heteroatoms. The van der Waals surface area contributed by atoms with Gasteiger partial charge in [-0.3, -0.25) is 4.90 Å². The summed E-state index contributed by atoms with van der Waals surface area (Å²) in [4.78, 5) is 2.23. The Morgan fingerprint density at radius 2 is 2.00 bits per heavy atom. The molecule has 23 heavy (non-hydrogen) atoms. The zero-order valence-corrected chi connectivity index (χ0v) is 14.3. The molecule has 3 rings (SSSR count).